The number of halogens is 1. The van der Waals surface area contributed by atoms with Crippen LogP contribution in [0.25, 0.3) is 5.69 Å². The SMILES string of the molecule is CCOC(=O)c1nn(-c2cccc(Br)c2)c(=O)cc1OCC(=O)Nc1ccccc1C. The number of aryl methyl sites for hydroxylation is 1. The first-order valence-corrected chi connectivity index (χ1v) is 10.2. The Kier molecular flexibility index (Phi) is 7.19. The van der Waals surface area contributed by atoms with Gasteiger partial charge in [-0.05, 0) is 43.7 Å². The first-order chi connectivity index (χ1) is 14.9. The van der Waals surface area contributed by atoms with Crippen LogP contribution in [0.4, 0.5) is 5.69 Å². The van der Waals surface area contributed by atoms with Gasteiger partial charge in [0.2, 0.25) is 5.69 Å². The van der Waals surface area contributed by atoms with Crippen LogP contribution in [0.5, 0.6) is 5.75 Å². The third kappa shape index (κ3) is 5.58. The fourth-order valence-corrected chi connectivity index (χ4v) is 3.11. The number of esters is 1. The van der Waals surface area contributed by atoms with E-state index in [1.807, 2.05) is 19.1 Å². The summed E-state index contributed by atoms with van der Waals surface area (Å²) in [5.74, 6) is -1.34. The van der Waals surface area contributed by atoms with Gasteiger partial charge in [-0.25, -0.2) is 4.79 Å². The van der Waals surface area contributed by atoms with E-state index in [2.05, 4.69) is 26.3 Å². The van der Waals surface area contributed by atoms with Crippen LogP contribution < -0.4 is 15.6 Å². The second kappa shape index (κ2) is 10.0. The molecule has 8 nitrogen and oxygen atoms in total. The minimum atomic E-state index is -0.763. The Morgan fingerprint density at radius 3 is 2.61 bits per heavy atom. The van der Waals surface area contributed by atoms with Crippen molar-refractivity contribution in [1.29, 1.82) is 0 Å². The number of nitrogens with zero attached hydrogens (tertiary/aromatic N) is 2. The highest BCUT2D eigenvalue weighted by Gasteiger charge is 2.21. The van der Waals surface area contributed by atoms with Gasteiger partial charge in [0.05, 0.1) is 18.4 Å². The molecule has 0 radical (unpaired) electrons. The second-order valence-corrected chi connectivity index (χ2v) is 7.38. The van der Waals surface area contributed by atoms with Crippen LogP contribution in [0.1, 0.15) is 23.0 Å². The molecule has 0 unspecified atom stereocenters. The smallest absolute Gasteiger partial charge is 0.362 e. The number of hydrogen-bond acceptors (Lipinski definition) is 6. The fraction of sp³-hybridized carbons (Fsp3) is 0.182. The van der Waals surface area contributed by atoms with E-state index in [4.69, 9.17) is 9.47 Å². The molecule has 1 heterocycles. The Bertz CT molecular complexity index is 1180. The van der Waals surface area contributed by atoms with Crippen LogP contribution in [0.3, 0.4) is 0 Å². The van der Waals surface area contributed by atoms with E-state index in [0.29, 0.717) is 11.4 Å². The minimum absolute atomic E-state index is 0.115. The first kappa shape index (κ1) is 22.2. The maximum atomic E-state index is 12.6. The molecule has 0 spiro atoms. The van der Waals surface area contributed by atoms with Crippen molar-refractivity contribution in [2.24, 2.45) is 0 Å². The summed E-state index contributed by atoms with van der Waals surface area (Å²) >= 11 is 3.34. The third-order valence-electron chi connectivity index (χ3n) is 4.20. The molecule has 1 N–H and O–H groups in total. The molecule has 0 aliphatic heterocycles. The largest absolute Gasteiger partial charge is 0.481 e. The molecule has 160 valence electrons. The van der Waals surface area contributed by atoms with Gasteiger partial charge in [0.1, 0.15) is 0 Å². The van der Waals surface area contributed by atoms with Gasteiger partial charge in [0, 0.05) is 10.2 Å². The minimum Gasteiger partial charge on any atom is -0.481 e. The Labute approximate surface area is 186 Å². The van der Waals surface area contributed by atoms with Crippen molar-refractivity contribution in [3.05, 3.63) is 80.7 Å². The zero-order valence-electron chi connectivity index (χ0n) is 16.9. The molecule has 0 bridgehead atoms. The maximum absolute atomic E-state index is 12.6. The average molecular weight is 486 g/mol. The summed E-state index contributed by atoms with van der Waals surface area (Å²) in [4.78, 5) is 37.3. The van der Waals surface area contributed by atoms with Crippen LogP contribution in [-0.4, -0.2) is 34.9 Å². The third-order valence-corrected chi connectivity index (χ3v) is 4.69. The fourth-order valence-electron chi connectivity index (χ4n) is 2.73. The second-order valence-electron chi connectivity index (χ2n) is 6.46. The first-order valence-electron chi connectivity index (χ1n) is 9.44. The van der Waals surface area contributed by atoms with Crippen molar-refractivity contribution in [3.63, 3.8) is 0 Å². The molecule has 0 saturated heterocycles. The van der Waals surface area contributed by atoms with Gasteiger partial charge in [-0.3, -0.25) is 9.59 Å². The van der Waals surface area contributed by atoms with E-state index >= 15 is 0 Å². The lowest BCUT2D eigenvalue weighted by Gasteiger charge is -2.13. The summed E-state index contributed by atoms with van der Waals surface area (Å²) in [5, 5.41) is 6.85. The van der Waals surface area contributed by atoms with E-state index in [-0.39, 0.29) is 18.1 Å². The van der Waals surface area contributed by atoms with E-state index in [9.17, 15) is 14.4 Å². The number of benzene rings is 2. The predicted octanol–water partition coefficient (Wildman–Crippen LogP) is 3.50. The molecule has 0 aliphatic carbocycles. The topological polar surface area (TPSA) is 99.5 Å². The van der Waals surface area contributed by atoms with Gasteiger partial charge in [-0.1, -0.05) is 40.2 Å². The van der Waals surface area contributed by atoms with Crippen molar-refractivity contribution in [3.8, 4) is 11.4 Å². The lowest BCUT2D eigenvalue weighted by atomic mass is 10.2. The molecule has 31 heavy (non-hydrogen) atoms. The van der Waals surface area contributed by atoms with Crippen molar-refractivity contribution < 1.29 is 19.1 Å². The van der Waals surface area contributed by atoms with E-state index in [1.165, 1.54) is 0 Å². The monoisotopic (exact) mass is 485 g/mol. The van der Waals surface area contributed by atoms with Crippen LogP contribution in [-0.2, 0) is 9.53 Å². The molecule has 2 aromatic carbocycles. The summed E-state index contributed by atoms with van der Waals surface area (Å²) < 4.78 is 12.3. The van der Waals surface area contributed by atoms with Crippen molar-refractivity contribution in [1.82, 2.24) is 9.78 Å². The Hall–Kier alpha value is -3.46. The predicted molar refractivity (Wildman–Crippen MR) is 119 cm³/mol. The number of rotatable bonds is 7. The molecule has 9 heteroatoms. The molecule has 1 amide bonds. The van der Waals surface area contributed by atoms with Gasteiger partial charge in [0.25, 0.3) is 11.5 Å². The van der Waals surface area contributed by atoms with Crippen molar-refractivity contribution in [2.45, 2.75) is 13.8 Å². The van der Waals surface area contributed by atoms with Gasteiger partial charge < -0.3 is 14.8 Å². The number of para-hydroxylation sites is 1. The van der Waals surface area contributed by atoms with Crippen LogP contribution in [0.2, 0.25) is 0 Å². The molecule has 1 aromatic heterocycles. The number of aromatic nitrogens is 2. The lowest BCUT2D eigenvalue weighted by Crippen LogP contribution is -2.27. The maximum Gasteiger partial charge on any atom is 0.362 e. The van der Waals surface area contributed by atoms with E-state index in [0.717, 1.165) is 20.8 Å². The normalized spacial score (nSPS) is 10.4. The zero-order valence-corrected chi connectivity index (χ0v) is 18.5. The molecular formula is C22H20BrN3O5. The van der Waals surface area contributed by atoms with Crippen molar-refractivity contribution >= 4 is 33.5 Å². The van der Waals surface area contributed by atoms with Crippen molar-refractivity contribution in [2.75, 3.05) is 18.5 Å². The Balaban J connectivity index is 1.87. The highest BCUT2D eigenvalue weighted by Crippen LogP contribution is 2.19. The van der Waals surface area contributed by atoms with E-state index in [1.54, 1.807) is 43.3 Å². The summed E-state index contributed by atoms with van der Waals surface area (Å²) in [5.41, 5.74) is 1.26. The van der Waals surface area contributed by atoms with Crippen LogP contribution in [0.15, 0.2) is 63.9 Å². The molecule has 0 atom stereocenters. The standard InChI is InChI=1S/C22H20BrN3O5/c1-3-30-22(29)21-18(31-13-19(27)24-17-10-5-4-7-14(17)2)12-20(28)26(25-21)16-9-6-8-15(23)11-16/h4-12H,3,13H2,1-2H3,(H,24,27). The molecule has 0 saturated carbocycles. The van der Waals surface area contributed by atoms with Gasteiger partial charge >= 0.3 is 5.97 Å². The number of nitrogens with one attached hydrogen (secondary N) is 1. The molecular weight excluding hydrogens is 466 g/mol. The van der Waals surface area contributed by atoms with Crippen LogP contribution >= 0.6 is 15.9 Å². The number of hydrogen-bond donors (Lipinski definition) is 1. The van der Waals surface area contributed by atoms with Gasteiger partial charge in [-0.15, -0.1) is 0 Å². The average Bonchev–Trinajstić information content (AvgIpc) is 2.74. The number of ether oxygens (including phenoxy) is 2. The highest BCUT2D eigenvalue weighted by molar-refractivity contribution is 9.10. The summed E-state index contributed by atoms with van der Waals surface area (Å²) in [6.45, 7) is 3.21. The number of amides is 1. The quantitative estimate of drug-likeness (QED) is 0.514. The lowest BCUT2D eigenvalue weighted by molar-refractivity contribution is -0.118. The number of carbonyl (C=O) groups excluding carboxylic acids is 2. The molecule has 3 rings (SSSR count). The Morgan fingerprint density at radius 2 is 1.90 bits per heavy atom. The summed E-state index contributed by atoms with van der Waals surface area (Å²) in [6, 6.07) is 15.3. The highest BCUT2D eigenvalue weighted by atomic mass is 79.9. The molecule has 0 fully saturated rings. The molecule has 0 aliphatic rings. The van der Waals surface area contributed by atoms with E-state index < -0.39 is 24.0 Å². The summed E-state index contributed by atoms with van der Waals surface area (Å²) in [6.07, 6.45) is 0. The Morgan fingerprint density at radius 1 is 1.13 bits per heavy atom. The molecule has 3 aromatic rings. The number of anilines is 1. The number of carbonyl (C=O) groups is 2. The van der Waals surface area contributed by atoms with Crippen LogP contribution in [0, 0.1) is 6.92 Å². The zero-order chi connectivity index (χ0) is 22.4. The van der Waals surface area contributed by atoms with Gasteiger partial charge in [0.15, 0.2) is 12.4 Å². The van der Waals surface area contributed by atoms with Gasteiger partial charge in [-0.2, -0.15) is 9.78 Å². The summed E-state index contributed by atoms with van der Waals surface area (Å²) in [7, 11) is 0.